The highest BCUT2D eigenvalue weighted by atomic mass is 32.2. The molecule has 1 N–H and O–H groups in total. The van der Waals surface area contributed by atoms with Crippen molar-refractivity contribution < 1.29 is 28.8 Å². The van der Waals surface area contributed by atoms with Crippen LogP contribution in [0.5, 0.6) is 11.5 Å². The van der Waals surface area contributed by atoms with Crippen LogP contribution in [-0.2, 0) is 22.4 Å². The Kier molecular flexibility index (Phi) is 7.18. The summed E-state index contributed by atoms with van der Waals surface area (Å²) in [7, 11) is 1.65. The van der Waals surface area contributed by atoms with Gasteiger partial charge < -0.3 is 28.6 Å². The molecule has 1 aromatic carbocycles. The zero-order valence-corrected chi connectivity index (χ0v) is 20.3. The number of allylic oxidation sites excluding steroid dienone is 1. The number of carbonyl (C=O) groups is 1. The van der Waals surface area contributed by atoms with E-state index in [1.807, 2.05) is 22.8 Å². The highest BCUT2D eigenvalue weighted by Gasteiger charge is 2.31. The minimum absolute atomic E-state index is 0.0929. The molecule has 4 heterocycles. The number of rotatable bonds is 9. The molecule has 2 atom stereocenters. The summed E-state index contributed by atoms with van der Waals surface area (Å²) in [6, 6.07) is 5.91. The number of aromatic carboxylic acids is 1. The molecule has 0 bridgehead atoms. The van der Waals surface area contributed by atoms with Gasteiger partial charge in [-0.3, -0.25) is 0 Å². The summed E-state index contributed by atoms with van der Waals surface area (Å²) in [4.78, 5) is 12.0. The Hall–Kier alpha value is -2.42. The van der Waals surface area contributed by atoms with Crippen LogP contribution >= 0.6 is 11.8 Å². The maximum Gasteiger partial charge on any atom is 0.352 e. The molecule has 5 rings (SSSR count). The van der Waals surface area contributed by atoms with Gasteiger partial charge in [-0.05, 0) is 66.8 Å². The van der Waals surface area contributed by atoms with Crippen molar-refractivity contribution in [3.05, 3.63) is 46.5 Å². The summed E-state index contributed by atoms with van der Waals surface area (Å²) in [5, 5.41) is 12.2. The number of hydrogen-bond acceptors (Lipinski definition) is 6. The largest absolute Gasteiger partial charge is 0.493 e. The summed E-state index contributed by atoms with van der Waals surface area (Å²) < 4.78 is 25.1. The lowest BCUT2D eigenvalue weighted by molar-refractivity contribution is -0.163. The fourth-order valence-corrected chi connectivity index (χ4v) is 5.90. The van der Waals surface area contributed by atoms with Gasteiger partial charge in [0.05, 0.1) is 26.0 Å². The number of aromatic nitrogens is 1. The van der Waals surface area contributed by atoms with Gasteiger partial charge in [-0.15, -0.1) is 11.8 Å². The fourth-order valence-electron chi connectivity index (χ4n) is 4.94. The number of ether oxygens (including phenoxy) is 4. The number of fused-ring (bicyclic) bond motifs is 3. The van der Waals surface area contributed by atoms with Gasteiger partial charge in [-0.1, -0.05) is 6.08 Å². The number of carboxylic acids is 1. The highest BCUT2D eigenvalue weighted by molar-refractivity contribution is 8.02. The first-order valence-electron chi connectivity index (χ1n) is 12.0. The fraction of sp³-hybridized carbons (Fsp3) is 0.500. The van der Waals surface area contributed by atoms with E-state index in [0.29, 0.717) is 37.0 Å². The van der Waals surface area contributed by atoms with Gasteiger partial charge in [0.1, 0.15) is 5.69 Å². The molecule has 8 heteroatoms. The lowest BCUT2D eigenvalue weighted by Crippen LogP contribution is -2.23. The molecule has 0 saturated carbocycles. The van der Waals surface area contributed by atoms with Crippen LogP contribution in [0.1, 0.15) is 59.0 Å². The van der Waals surface area contributed by atoms with Crippen LogP contribution in [0.15, 0.2) is 29.7 Å². The lowest BCUT2D eigenvalue weighted by Gasteiger charge is -2.25. The van der Waals surface area contributed by atoms with E-state index in [0.717, 1.165) is 67.5 Å². The second kappa shape index (κ2) is 10.5. The van der Waals surface area contributed by atoms with Gasteiger partial charge in [0.15, 0.2) is 17.8 Å². The van der Waals surface area contributed by atoms with E-state index in [9.17, 15) is 9.90 Å². The summed E-state index contributed by atoms with van der Waals surface area (Å²) in [5.41, 5.74) is 4.60. The molecule has 182 valence electrons. The maximum absolute atomic E-state index is 12.0. The Morgan fingerprint density at radius 1 is 1.24 bits per heavy atom. The van der Waals surface area contributed by atoms with Crippen molar-refractivity contribution in [1.82, 2.24) is 4.57 Å². The van der Waals surface area contributed by atoms with Gasteiger partial charge >= 0.3 is 5.97 Å². The Morgan fingerprint density at radius 2 is 2.15 bits per heavy atom. The van der Waals surface area contributed by atoms with E-state index in [4.69, 9.17) is 18.9 Å². The monoisotopic (exact) mass is 485 g/mol. The average molecular weight is 486 g/mol. The predicted molar refractivity (Wildman–Crippen MR) is 131 cm³/mol. The molecule has 3 aliphatic rings. The van der Waals surface area contributed by atoms with Crippen LogP contribution in [0, 0.1) is 0 Å². The van der Waals surface area contributed by atoms with Gasteiger partial charge in [0.25, 0.3) is 0 Å². The Labute approximate surface area is 204 Å². The Balaban J connectivity index is 1.36. The summed E-state index contributed by atoms with van der Waals surface area (Å²) >= 11 is 1.74. The highest BCUT2D eigenvalue weighted by Crippen LogP contribution is 2.48. The van der Waals surface area contributed by atoms with E-state index in [2.05, 4.69) is 11.5 Å². The first-order valence-corrected chi connectivity index (χ1v) is 12.9. The lowest BCUT2D eigenvalue weighted by atomic mass is 9.94. The molecule has 2 aromatic rings. The SMILES string of the molecule is COc1cc2c(cc1OCCCOC1CCCCO1)-c1c(C3CC=CS3)cc(C(=O)O)n1CC2. The van der Waals surface area contributed by atoms with Crippen molar-refractivity contribution in [3.8, 4) is 22.8 Å². The van der Waals surface area contributed by atoms with Crippen LogP contribution in [0.25, 0.3) is 11.3 Å². The van der Waals surface area contributed by atoms with Crippen LogP contribution in [-0.4, -0.2) is 48.9 Å². The molecule has 0 amide bonds. The molecule has 1 aromatic heterocycles. The molecular weight excluding hydrogens is 454 g/mol. The van der Waals surface area contributed by atoms with Gasteiger partial charge in [-0.25, -0.2) is 4.79 Å². The summed E-state index contributed by atoms with van der Waals surface area (Å²) in [6.45, 7) is 2.49. The molecule has 0 spiro atoms. The van der Waals surface area contributed by atoms with Gasteiger partial charge in [0.2, 0.25) is 0 Å². The smallest absolute Gasteiger partial charge is 0.352 e. The molecule has 3 aliphatic heterocycles. The molecule has 0 radical (unpaired) electrons. The van der Waals surface area contributed by atoms with Crippen molar-refractivity contribution in [2.75, 3.05) is 26.9 Å². The van der Waals surface area contributed by atoms with E-state index in [1.54, 1.807) is 18.9 Å². The minimum atomic E-state index is -0.890. The molecule has 0 aliphatic carbocycles. The second-order valence-corrected chi connectivity index (χ2v) is 9.92. The van der Waals surface area contributed by atoms with Crippen molar-refractivity contribution >= 4 is 17.7 Å². The zero-order valence-electron chi connectivity index (χ0n) is 19.5. The number of methoxy groups -OCH3 is 1. The van der Waals surface area contributed by atoms with Gasteiger partial charge in [-0.2, -0.15) is 0 Å². The van der Waals surface area contributed by atoms with E-state index < -0.39 is 5.97 Å². The summed E-state index contributed by atoms with van der Waals surface area (Å²) in [5.74, 6) is 0.482. The van der Waals surface area contributed by atoms with Crippen molar-refractivity contribution in [3.63, 3.8) is 0 Å². The summed E-state index contributed by atoms with van der Waals surface area (Å²) in [6.07, 6.45) is 7.66. The number of nitrogens with zero attached hydrogens (tertiary/aromatic N) is 1. The Bertz CT molecular complexity index is 1060. The zero-order chi connectivity index (χ0) is 23.5. The van der Waals surface area contributed by atoms with Crippen LogP contribution in [0.2, 0.25) is 0 Å². The first kappa shape index (κ1) is 23.3. The maximum atomic E-state index is 12.0. The van der Waals surface area contributed by atoms with E-state index >= 15 is 0 Å². The van der Waals surface area contributed by atoms with Crippen LogP contribution in [0.4, 0.5) is 0 Å². The molecule has 34 heavy (non-hydrogen) atoms. The van der Waals surface area contributed by atoms with Crippen molar-refractivity contribution in [2.45, 2.75) is 56.6 Å². The predicted octanol–water partition coefficient (Wildman–Crippen LogP) is 5.42. The van der Waals surface area contributed by atoms with Crippen LogP contribution < -0.4 is 9.47 Å². The van der Waals surface area contributed by atoms with Crippen LogP contribution in [0.3, 0.4) is 0 Å². The number of carboxylic acid groups (broad SMARTS) is 1. The van der Waals surface area contributed by atoms with Gasteiger partial charge in [0, 0.05) is 30.4 Å². The topological polar surface area (TPSA) is 79.2 Å². The minimum Gasteiger partial charge on any atom is -0.493 e. The van der Waals surface area contributed by atoms with Crippen molar-refractivity contribution in [1.29, 1.82) is 0 Å². The number of hydrogen-bond donors (Lipinski definition) is 1. The van der Waals surface area contributed by atoms with E-state index in [1.165, 1.54) is 0 Å². The quantitative estimate of drug-likeness (QED) is 0.475. The standard InChI is InChI=1S/C26H31NO6S/c1-30-21-14-17-8-9-27-20(26(28)29)15-19(23-6-4-13-34-23)25(27)18(17)16-22(21)31-11-5-12-33-24-7-2-3-10-32-24/h4,13-16,23-24H,2-3,5-12H2,1H3,(H,28,29). The van der Waals surface area contributed by atoms with E-state index in [-0.39, 0.29) is 11.5 Å². The number of thioether (sulfide) groups is 1. The molecule has 1 fully saturated rings. The third-order valence-corrected chi connectivity index (χ3v) is 7.74. The molecular formula is C26H31NO6S. The average Bonchev–Trinajstić information content (AvgIpc) is 3.52. The first-order chi connectivity index (χ1) is 16.7. The molecule has 1 saturated heterocycles. The number of aryl methyl sites for hydroxylation is 1. The normalized spacial score (nSPS) is 21.2. The molecule has 7 nitrogen and oxygen atoms in total. The second-order valence-electron chi connectivity index (χ2n) is 8.80. The van der Waals surface area contributed by atoms with Crippen molar-refractivity contribution in [2.24, 2.45) is 0 Å². The molecule has 2 unspecified atom stereocenters. The third-order valence-electron chi connectivity index (χ3n) is 6.62. The third kappa shape index (κ3) is 4.72. The number of benzene rings is 1. The Morgan fingerprint density at radius 3 is 2.88 bits per heavy atom.